The van der Waals surface area contributed by atoms with E-state index in [2.05, 4.69) is 62.5 Å². The summed E-state index contributed by atoms with van der Waals surface area (Å²) in [6.07, 6.45) is 79.8. The molecule has 0 aromatic carbocycles. The van der Waals surface area contributed by atoms with Gasteiger partial charge >= 0.3 is 11.9 Å². The van der Waals surface area contributed by atoms with Crippen LogP contribution in [-0.2, 0) is 19.1 Å². The van der Waals surface area contributed by atoms with Gasteiger partial charge in [-0.15, -0.1) is 0 Å². The Kier molecular flexibility index (Phi) is 58.3. The summed E-state index contributed by atoms with van der Waals surface area (Å²) in [5, 5.41) is 9.65. The lowest BCUT2D eigenvalue weighted by Gasteiger charge is -2.15. The molecular formula is C64H118O5. The minimum atomic E-state index is -0.780. The van der Waals surface area contributed by atoms with Crippen molar-refractivity contribution in [2.24, 2.45) is 0 Å². The van der Waals surface area contributed by atoms with E-state index in [0.29, 0.717) is 12.8 Å². The monoisotopic (exact) mass is 967 g/mol. The summed E-state index contributed by atoms with van der Waals surface area (Å²) < 4.78 is 10.7. The number of hydrogen-bond donors (Lipinski definition) is 1. The second-order valence-electron chi connectivity index (χ2n) is 20.8. The van der Waals surface area contributed by atoms with Gasteiger partial charge in [0.15, 0.2) is 6.10 Å². The second-order valence-corrected chi connectivity index (χ2v) is 20.8. The van der Waals surface area contributed by atoms with Crippen molar-refractivity contribution in [1.29, 1.82) is 0 Å². The van der Waals surface area contributed by atoms with Gasteiger partial charge in [0.2, 0.25) is 0 Å². The molecule has 1 atom stereocenters. The van der Waals surface area contributed by atoms with Crippen molar-refractivity contribution in [2.75, 3.05) is 13.2 Å². The molecule has 0 aromatic heterocycles. The standard InChI is InChI=1S/C64H118O5/c1-3-5-7-9-11-13-15-17-19-21-23-24-25-26-27-28-29-30-31-32-33-34-35-36-37-38-39-41-42-44-46-48-50-52-54-56-58-63(66)68-61-62(60-65)69-64(67)59-57-55-53-51-49-47-45-43-40-22-20-18-16-14-12-10-8-6-4-2/h6,8,12,14,18,20,40,43,62,65H,3-5,7,9-11,13,15-17,19,21-39,41-42,44-61H2,1-2H3/b8-6-,14-12-,20-18-,43-40-. The van der Waals surface area contributed by atoms with Crippen LogP contribution in [0, 0.1) is 0 Å². The summed E-state index contributed by atoms with van der Waals surface area (Å²) in [5.74, 6) is -0.594. The molecule has 69 heavy (non-hydrogen) atoms. The summed E-state index contributed by atoms with van der Waals surface area (Å²) in [4.78, 5) is 24.5. The molecule has 0 aliphatic carbocycles. The maximum Gasteiger partial charge on any atom is 0.306 e. The third-order valence-electron chi connectivity index (χ3n) is 13.9. The van der Waals surface area contributed by atoms with Crippen molar-refractivity contribution >= 4 is 11.9 Å². The molecule has 0 saturated carbocycles. The van der Waals surface area contributed by atoms with E-state index in [1.165, 1.54) is 231 Å². The molecular weight excluding hydrogens is 849 g/mol. The third kappa shape index (κ3) is 58.3. The van der Waals surface area contributed by atoms with E-state index < -0.39 is 6.10 Å². The highest BCUT2D eigenvalue weighted by Gasteiger charge is 2.16. The number of carbonyl (C=O) groups excluding carboxylic acids is 2. The molecule has 0 rings (SSSR count). The van der Waals surface area contributed by atoms with E-state index >= 15 is 0 Å². The topological polar surface area (TPSA) is 72.8 Å². The molecule has 404 valence electrons. The predicted octanol–water partition coefficient (Wildman–Crippen LogP) is 20.8. The van der Waals surface area contributed by atoms with E-state index in [0.717, 1.165) is 70.6 Å². The van der Waals surface area contributed by atoms with Gasteiger partial charge in [-0.1, -0.05) is 313 Å². The molecule has 0 aliphatic heterocycles. The first kappa shape index (κ1) is 66.9. The first-order chi connectivity index (χ1) is 34.1. The normalized spacial score (nSPS) is 12.4. The van der Waals surface area contributed by atoms with E-state index in [1.54, 1.807) is 0 Å². The average Bonchev–Trinajstić information content (AvgIpc) is 3.35. The van der Waals surface area contributed by atoms with Crippen molar-refractivity contribution < 1.29 is 24.2 Å². The van der Waals surface area contributed by atoms with Crippen molar-refractivity contribution in [3.05, 3.63) is 48.6 Å². The van der Waals surface area contributed by atoms with E-state index in [9.17, 15) is 14.7 Å². The van der Waals surface area contributed by atoms with Crippen LogP contribution in [0.4, 0.5) is 0 Å². The van der Waals surface area contributed by atoms with Gasteiger partial charge in [0, 0.05) is 12.8 Å². The van der Waals surface area contributed by atoms with Gasteiger partial charge in [0.25, 0.3) is 0 Å². The Morgan fingerprint density at radius 1 is 0.348 bits per heavy atom. The number of esters is 2. The minimum absolute atomic E-state index is 0.0694. The van der Waals surface area contributed by atoms with Crippen LogP contribution >= 0.6 is 0 Å². The van der Waals surface area contributed by atoms with Crippen LogP contribution in [0.25, 0.3) is 0 Å². The molecule has 5 nitrogen and oxygen atoms in total. The van der Waals surface area contributed by atoms with E-state index in [4.69, 9.17) is 9.47 Å². The summed E-state index contributed by atoms with van der Waals surface area (Å²) in [6, 6.07) is 0. The van der Waals surface area contributed by atoms with Gasteiger partial charge in [-0.05, 0) is 51.4 Å². The summed E-state index contributed by atoms with van der Waals surface area (Å²) in [6.45, 7) is 4.06. The van der Waals surface area contributed by atoms with Crippen LogP contribution < -0.4 is 0 Å². The molecule has 5 heteroatoms. The highest BCUT2D eigenvalue weighted by atomic mass is 16.6. The number of aliphatic hydroxyl groups excluding tert-OH is 1. The van der Waals surface area contributed by atoms with Gasteiger partial charge in [-0.2, -0.15) is 0 Å². The Balaban J connectivity index is 3.39. The largest absolute Gasteiger partial charge is 0.462 e. The zero-order chi connectivity index (χ0) is 49.9. The zero-order valence-electron chi connectivity index (χ0n) is 46.3. The van der Waals surface area contributed by atoms with Crippen molar-refractivity contribution in [3.8, 4) is 0 Å². The fraction of sp³-hybridized carbons (Fsp3) is 0.844. The van der Waals surface area contributed by atoms with Gasteiger partial charge in [-0.3, -0.25) is 9.59 Å². The number of ether oxygens (including phenoxy) is 2. The lowest BCUT2D eigenvalue weighted by atomic mass is 10.0. The quantitative estimate of drug-likeness (QED) is 0.0373. The van der Waals surface area contributed by atoms with Crippen LogP contribution in [0.3, 0.4) is 0 Å². The molecule has 0 radical (unpaired) electrons. The fourth-order valence-electron chi connectivity index (χ4n) is 9.32. The Labute approximate surface area is 430 Å². The first-order valence-corrected chi connectivity index (χ1v) is 30.7. The number of carbonyl (C=O) groups is 2. The Morgan fingerprint density at radius 2 is 0.623 bits per heavy atom. The van der Waals surface area contributed by atoms with Crippen LogP contribution in [0.2, 0.25) is 0 Å². The van der Waals surface area contributed by atoms with Crippen LogP contribution in [-0.4, -0.2) is 36.4 Å². The number of aliphatic hydroxyl groups is 1. The fourth-order valence-corrected chi connectivity index (χ4v) is 9.32. The average molecular weight is 968 g/mol. The number of rotatable bonds is 57. The van der Waals surface area contributed by atoms with Gasteiger partial charge in [0.1, 0.15) is 6.61 Å². The number of allylic oxidation sites excluding steroid dienone is 8. The molecule has 0 heterocycles. The molecule has 0 amide bonds. The zero-order valence-corrected chi connectivity index (χ0v) is 46.3. The molecule has 0 saturated heterocycles. The van der Waals surface area contributed by atoms with Crippen LogP contribution in [0.5, 0.6) is 0 Å². The van der Waals surface area contributed by atoms with Crippen molar-refractivity contribution in [3.63, 3.8) is 0 Å². The molecule has 1 unspecified atom stereocenters. The second kappa shape index (κ2) is 60.2. The number of unbranched alkanes of at least 4 members (excludes halogenated alkanes) is 41. The van der Waals surface area contributed by atoms with E-state index in [-0.39, 0.29) is 25.2 Å². The Hall–Kier alpha value is -2.14. The highest BCUT2D eigenvalue weighted by Crippen LogP contribution is 2.18. The molecule has 0 aliphatic rings. The lowest BCUT2D eigenvalue weighted by molar-refractivity contribution is -0.161. The molecule has 0 bridgehead atoms. The van der Waals surface area contributed by atoms with Crippen molar-refractivity contribution in [1.82, 2.24) is 0 Å². The van der Waals surface area contributed by atoms with Crippen molar-refractivity contribution in [2.45, 2.75) is 335 Å². The van der Waals surface area contributed by atoms with E-state index in [1.807, 2.05) is 0 Å². The Bertz CT molecular complexity index is 1140. The molecule has 1 N–H and O–H groups in total. The summed E-state index contributed by atoms with van der Waals surface area (Å²) in [7, 11) is 0. The van der Waals surface area contributed by atoms with Gasteiger partial charge in [0.05, 0.1) is 6.61 Å². The predicted molar refractivity (Wildman–Crippen MR) is 302 cm³/mol. The van der Waals surface area contributed by atoms with Crippen LogP contribution in [0.15, 0.2) is 48.6 Å². The summed E-state index contributed by atoms with van der Waals surface area (Å²) >= 11 is 0. The lowest BCUT2D eigenvalue weighted by Crippen LogP contribution is -2.28. The maximum atomic E-state index is 12.3. The van der Waals surface area contributed by atoms with Gasteiger partial charge < -0.3 is 14.6 Å². The number of hydrogen-bond acceptors (Lipinski definition) is 5. The Morgan fingerprint density at radius 3 is 0.942 bits per heavy atom. The minimum Gasteiger partial charge on any atom is -0.462 e. The SMILES string of the molecule is CC/C=C\C/C=C\C/C=C\C/C=C\CCCCCCCCC(=O)OC(CO)COC(=O)CCCCCCCCCCCCCCCCCCCCCCCCCCCCCCCCCCCCCC. The third-order valence-corrected chi connectivity index (χ3v) is 13.9. The highest BCUT2D eigenvalue weighted by molar-refractivity contribution is 5.70. The maximum absolute atomic E-state index is 12.3. The smallest absolute Gasteiger partial charge is 0.306 e. The molecule has 0 spiro atoms. The van der Waals surface area contributed by atoms with Crippen LogP contribution in [0.1, 0.15) is 328 Å². The van der Waals surface area contributed by atoms with Gasteiger partial charge in [-0.25, -0.2) is 0 Å². The molecule has 0 fully saturated rings. The first-order valence-electron chi connectivity index (χ1n) is 30.7. The summed E-state index contributed by atoms with van der Waals surface area (Å²) in [5.41, 5.74) is 0. The molecule has 0 aromatic rings.